The molecule has 0 saturated carbocycles. The van der Waals surface area contributed by atoms with Crippen LogP contribution in [0.4, 0.5) is 0 Å². The first-order valence-corrected chi connectivity index (χ1v) is 22.0. The van der Waals surface area contributed by atoms with Crippen LogP contribution in [0.2, 0.25) is 0 Å². The van der Waals surface area contributed by atoms with Crippen molar-refractivity contribution in [1.82, 2.24) is 0 Å². The highest BCUT2D eigenvalue weighted by atomic mass is 16.7. The fourth-order valence-electron chi connectivity index (χ4n) is 7.77. The van der Waals surface area contributed by atoms with Crippen molar-refractivity contribution < 1.29 is 65.8 Å². The molecular weight excluding hydrogens is 845 g/mol. The maximum absolute atomic E-state index is 13.2. The Hall–Kier alpha value is -5.32. The summed E-state index contributed by atoms with van der Waals surface area (Å²) in [7, 11) is 1.48. The largest absolute Gasteiger partial charge is 0.463 e. The highest BCUT2D eigenvalue weighted by Crippen LogP contribution is 2.34. The van der Waals surface area contributed by atoms with Crippen molar-refractivity contribution in [2.75, 3.05) is 26.9 Å². The molecule has 0 amide bonds. The standard InChI is InChI=1S/C53H60O13/c1-37(54)58-35-45-48(51(61-32-42-25-15-7-16-26-42)52(53(56-3)66-45)62-33-43-27-17-8-18-28-43)63-36-46-49(64-38(2)55)50(60-31-41-23-13-6-14-24-41)47(59-30-40-21-11-5-12-22-40)44(65-46)34-57-29-39-19-9-4-10-20-39/h4-28,44-53H,29-36H2,1-3H3/t44-,45-,46?,47-,48-,49-,50+,51+,52-,53+/m1/s1/i29D,30D,31D/t29?,30?,31?,44-,45-,46?,47-,48-,49-,50+,51+,52-,53+. The lowest BCUT2D eigenvalue weighted by atomic mass is 9.93. The predicted molar refractivity (Wildman–Crippen MR) is 242 cm³/mol. The monoisotopic (exact) mass is 907 g/mol. The van der Waals surface area contributed by atoms with Crippen LogP contribution in [0, 0.1) is 0 Å². The summed E-state index contributed by atoms with van der Waals surface area (Å²) in [6.07, 6.45) is -10.9. The van der Waals surface area contributed by atoms with Gasteiger partial charge in [0.1, 0.15) is 55.4 Å². The summed E-state index contributed by atoms with van der Waals surface area (Å²) in [4.78, 5) is 25.5. The summed E-state index contributed by atoms with van der Waals surface area (Å²) in [6.45, 7) is -1.74. The first kappa shape index (κ1) is 44.5. The zero-order valence-electron chi connectivity index (χ0n) is 40.3. The lowest BCUT2D eigenvalue weighted by Crippen LogP contribution is -2.64. The van der Waals surface area contributed by atoms with Gasteiger partial charge < -0.3 is 52.1 Å². The number of esters is 2. The van der Waals surface area contributed by atoms with Crippen molar-refractivity contribution in [3.8, 4) is 0 Å². The van der Waals surface area contributed by atoms with Gasteiger partial charge in [0.15, 0.2) is 12.4 Å². The predicted octanol–water partition coefficient (Wildman–Crippen LogP) is 7.56. The molecule has 66 heavy (non-hydrogen) atoms. The third kappa shape index (κ3) is 14.3. The van der Waals surface area contributed by atoms with E-state index in [1.165, 1.54) is 21.0 Å². The van der Waals surface area contributed by atoms with Gasteiger partial charge in [-0.05, 0) is 27.8 Å². The summed E-state index contributed by atoms with van der Waals surface area (Å²) >= 11 is 0. The van der Waals surface area contributed by atoms with E-state index in [0.717, 1.165) is 11.1 Å². The number of hydrogen-bond donors (Lipinski definition) is 0. The second-order valence-corrected chi connectivity index (χ2v) is 15.8. The van der Waals surface area contributed by atoms with E-state index in [1.807, 2.05) is 78.9 Å². The van der Waals surface area contributed by atoms with Crippen LogP contribution in [-0.2, 0) is 94.7 Å². The topological polar surface area (TPSA) is 136 Å². The van der Waals surface area contributed by atoms with Gasteiger partial charge >= 0.3 is 11.9 Å². The maximum atomic E-state index is 13.2. The third-order valence-electron chi connectivity index (χ3n) is 10.9. The fraction of sp³-hybridized carbons (Fsp3) is 0.396. The molecule has 0 radical (unpaired) electrons. The molecular formula is C53H60O13. The summed E-state index contributed by atoms with van der Waals surface area (Å²) in [5.74, 6) is -1.24. The number of hydrogen-bond acceptors (Lipinski definition) is 13. The molecule has 350 valence electrons. The Bertz CT molecular complexity index is 2270. The Morgan fingerprint density at radius 1 is 0.455 bits per heavy atom. The van der Waals surface area contributed by atoms with E-state index in [2.05, 4.69) is 0 Å². The molecule has 0 aromatic heterocycles. The van der Waals surface area contributed by atoms with E-state index >= 15 is 0 Å². The van der Waals surface area contributed by atoms with E-state index in [0.29, 0.717) is 16.7 Å². The van der Waals surface area contributed by atoms with Crippen LogP contribution in [0.1, 0.15) is 45.8 Å². The van der Waals surface area contributed by atoms with Crippen LogP contribution in [0.25, 0.3) is 0 Å². The minimum absolute atomic E-state index is 0.132. The van der Waals surface area contributed by atoms with Gasteiger partial charge in [-0.3, -0.25) is 9.59 Å². The summed E-state index contributed by atoms with van der Waals surface area (Å²) < 4.78 is 97.6. The van der Waals surface area contributed by atoms with Crippen molar-refractivity contribution in [3.63, 3.8) is 0 Å². The lowest BCUT2D eigenvalue weighted by molar-refractivity contribution is -0.327. The average molecular weight is 908 g/mol. The second kappa shape index (κ2) is 25.6. The molecule has 0 aliphatic carbocycles. The molecule has 2 heterocycles. The van der Waals surface area contributed by atoms with Gasteiger partial charge in [-0.25, -0.2) is 0 Å². The molecule has 0 spiro atoms. The average Bonchev–Trinajstić information content (AvgIpc) is 3.38. The Labute approximate surface area is 391 Å². The Morgan fingerprint density at radius 3 is 1.38 bits per heavy atom. The fourth-order valence-corrected chi connectivity index (χ4v) is 7.77. The molecule has 13 heteroatoms. The van der Waals surface area contributed by atoms with Crippen LogP contribution in [-0.4, -0.2) is 100 Å². The number of rotatable bonds is 23. The van der Waals surface area contributed by atoms with Gasteiger partial charge in [-0.2, -0.15) is 0 Å². The number of benzene rings is 5. The molecule has 4 unspecified atom stereocenters. The smallest absolute Gasteiger partial charge is 0.303 e. The van der Waals surface area contributed by atoms with E-state index in [-0.39, 0.29) is 33.0 Å². The molecule has 13 atom stereocenters. The van der Waals surface area contributed by atoms with E-state index in [1.54, 1.807) is 72.8 Å². The SMILES string of the molecule is [2H]C(OC[C@H]1OC(CO[C@H]2[C@H](OCc3ccccc3)[C@@H](OCc3ccccc3)[C@@H](OC)O[C@@H]2COC(C)=O)[C@@H](OC(C)=O)[C@@H](OC([2H])c2ccccc2)[C@@H]1OC([2H])c1ccccc1)c1ccccc1. The first-order valence-electron chi connectivity index (χ1n) is 23.7. The zero-order chi connectivity index (χ0) is 48.5. The molecule has 13 nitrogen and oxygen atoms in total. The summed E-state index contributed by atoms with van der Waals surface area (Å²) in [6, 6.07) is 45.9. The molecule has 2 fully saturated rings. The van der Waals surface area contributed by atoms with Gasteiger partial charge in [-0.15, -0.1) is 0 Å². The highest BCUT2D eigenvalue weighted by Gasteiger charge is 2.53. The van der Waals surface area contributed by atoms with Crippen molar-refractivity contribution in [2.24, 2.45) is 0 Å². The van der Waals surface area contributed by atoms with Gasteiger partial charge in [0.05, 0.1) is 50.3 Å². The molecule has 5 aromatic carbocycles. The van der Waals surface area contributed by atoms with Crippen LogP contribution in [0.3, 0.4) is 0 Å². The Balaban J connectivity index is 1.26. The highest BCUT2D eigenvalue weighted by molar-refractivity contribution is 5.66. The molecule has 7 rings (SSSR count). The molecule has 5 aromatic rings. The Kier molecular flexibility index (Phi) is 17.2. The van der Waals surface area contributed by atoms with Gasteiger partial charge in [0, 0.05) is 21.0 Å². The van der Waals surface area contributed by atoms with Crippen molar-refractivity contribution in [2.45, 2.75) is 108 Å². The van der Waals surface area contributed by atoms with Gasteiger partial charge in [0.2, 0.25) is 0 Å². The van der Waals surface area contributed by atoms with Crippen LogP contribution < -0.4 is 0 Å². The van der Waals surface area contributed by atoms with Crippen molar-refractivity contribution in [3.05, 3.63) is 179 Å². The minimum Gasteiger partial charge on any atom is -0.463 e. The Morgan fingerprint density at radius 2 is 0.879 bits per heavy atom. The van der Waals surface area contributed by atoms with Gasteiger partial charge in [-0.1, -0.05) is 152 Å². The maximum Gasteiger partial charge on any atom is 0.303 e. The molecule has 0 bridgehead atoms. The zero-order valence-corrected chi connectivity index (χ0v) is 37.3. The molecule has 0 N–H and O–H groups in total. The molecule has 2 saturated heterocycles. The van der Waals surface area contributed by atoms with Crippen molar-refractivity contribution in [1.29, 1.82) is 0 Å². The number of methoxy groups -OCH3 is 1. The minimum atomic E-state index is -1.32. The summed E-state index contributed by atoms with van der Waals surface area (Å²) in [5, 5.41) is 0. The molecule has 2 aliphatic rings. The number of ether oxygens (including phenoxy) is 11. The summed E-state index contributed by atoms with van der Waals surface area (Å²) in [5.41, 5.74) is 3.37. The quantitative estimate of drug-likeness (QED) is 0.0598. The first-order chi connectivity index (χ1) is 33.6. The van der Waals surface area contributed by atoms with Crippen LogP contribution in [0.15, 0.2) is 152 Å². The molecule has 2 aliphatic heterocycles. The van der Waals surface area contributed by atoms with Gasteiger partial charge in [0.25, 0.3) is 0 Å². The van der Waals surface area contributed by atoms with E-state index < -0.39 is 92.9 Å². The second-order valence-electron chi connectivity index (χ2n) is 15.8. The van der Waals surface area contributed by atoms with Crippen LogP contribution >= 0.6 is 0 Å². The van der Waals surface area contributed by atoms with Crippen molar-refractivity contribution >= 4 is 11.9 Å². The van der Waals surface area contributed by atoms with Crippen LogP contribution in [0.5, 0.6) is 0 Å². The van der Waals surface area contributed by atoms with E-state index in [4.69, 9.17) is 53.5 Å². The lowest BCUT2D eigenvalue weighted by Gasteiger charge is -2.48. The third-order valence-corrected chi connectivity index (χ3v) is 10.9. The normalized spacial score (nSPS) is 27.3. The van der Waals surface area contributed by atoms with E-state index in [9.17, 15) is 12.3 Å². The number of carbonyl (C=O) groups is 2. The number of carbonyl (C=O) groups excluding carboxylic acids is 2.